The Kier molecular flexibility index (Phi) is 4.23. The van der Waals surface area contributed by atoms with Crippen LogP contribution >= 0.6 is 0 Å². The number of halogens is 2. The molecule has 110 valence electrons. The number of rotatable bonds is 4. The predicted molar refractivity (Wildman–Crippen MR) is 68.7 cm³/mol. The second-order valence-corrected chi connectivity index (χ2v) is 5.03. The highest BCUT2D eigenvalue weighted by Gasteiger charge is 2.42. The van der Waals surface area contributed by atoms with Gasteiger partial charge in [0.15, 0.2) is 11.6 Å². The topological polar surface area (TPSA) is 58.6 Å². The highest BCUT2D eigenvalue weighted by atomic mass is 19.2. The van der Waals surface area contributed by atoms with E-state index in [0.29, 0.717) is 19.3 Å². The van der Waals surface area contributed by atoms with Gasteiger partial charge in [0.25, 0.3) is 0 Å². The second-order valence-electron chi connectivity index (χ2n) is 5.03. The molecular weight excluding hydrogens is 268 g/mol. The van der Waals surface area contributed by atoms with Gasteiger partial charge in [0.2, 0.25) is 5.82 Å². The molecule has 0 aromatic heterocycles. The van der Waals surface area contributed by atoms with Gasteiger partial charge in [-0.05, 0) is 38.4 Å². The molecule has 4 nitrogen and oxygen atoms in total. The third-order valence-corrected chi connectivity index (χ3v) is 3.80. The Morgan fingerprint density at radius 1 is 1.50 bits per heavy atom. The van der Waals surface area contributed by atoms with Crippen molar-refractivity contribution in [1.29, 1.82) is 0 Å². The van der Waals surface area contributed by atoms with Gasteiger partial charge in [0, 0.05) is 6.42 Å². The summed E-state index contributed by atoms with van der Waals surface area (Å²) >= 11 is 0. The lowest BCUT2D eigenvalue weighted by Crippen LogP contribution is -2.55. The maximum absolute atomic E-state index is 13.6. The number of carboxylic acid groups (broad SMARTS) is 1. The van der Waals surface area contributed by atoms with Gasteiger partial charge in [-0.2, -0.15) is 4.39 Å². The van der Waals surface area contributed by atoms with Crippen molar-refractivity contribution in [3.63, 3.8) is 0 Å². The summed E-state index contributed by atoms with van der Waals surface area (Å²) in [5.74, 6) is -3.14. The first kappa shape index (κ1) is 14.7. The molecule has 0 aliphatic heterocycles. The van der Waals surface area contributed by atoms with Gasteiger partial charge in [0.05, 0.1) is 0 Å². The monoisotopic (exact) mass is 285 g/mol. The molecule has 1 fully saturated rings. The van der Waals surface area contributed by atoms with E-state index in [0.717, 1.165) is 6.07 Å². The Morgan fingerprint density at radius 3 is 2.90 bits per heavy atom. The van der Waals surface area contributed by atoms with E-state index in [1.807, 2.05) is 0 Å². The van der Waals surface area contributed by atoms with Gasteiger partial charge in [-0.25, -0.2) is 4.39 Å². The van der Waals surface area contributed by atoms with E-state index in [1.165, 1.54) is 12.1 Å². The fraction of sp³-hybridized carbons (Fsp3) is 0.500. The first-order chi connectivity index (χ1) is 9.48. The van der Waals surface area contributed by atoms with Gasteiger partial charge in [-0.1, -0.05) is 6.07 Å². The molecule has 0 heterocycles. The van der Waals surface area contributed by atoms with E-state index >= 15 is 0 Å². The molecule has 2 atom stereocenters. The predicted octanol–water partition coefficient (Wildman–Crippen LogP) is 2.33. The molecule has 1 aliphatic rings. The van der Waals surface area contributed by atoms with Crippen LogP contribution in [0.4, 0.5) is 8.78 Å². The summed E-state index contributed by atoms with van der Waals surface area (Å²) in [6, 6.07) is 3.71. The Bertz CT molecular complexity index is 509. The first-order valence-electron chi connectivity index (χ1n) is 6.51. The van der Waals surface area contributed by atoms with E-state index in [4.69, 9.17) is 4.74 Å². The minimum atomic E-state index is -1.06. The molecule has 2 N–H and O–H groups in total. The van der Waals surface area contributed by atoms with Crippen molar-refractivity contribution in [2.24, 2.45) is 0 Å². The van der Waals surface area contributed by atoms with E-state index in [1.54, 1.807) is 7.05 Å². The lowest BCUT2D eigenvalue weighted by molar-refractivity contribution is -0.147. The van der Waals surface area contributed by atoms with Crippen LogP contribution in [0.1, 0.15) is 25.7 Å². The molecule has 1 aromatic carbocycles. The van der Waals surface area contributed by atoms with E-state index in [9.17, 15) is 18.7 Å². The number of ether oxygens (including phenoxy) is 1. The van der Waals surface area contributed by atoms with Gasteiger partial charge >= 0.3 is 5.97 Å². The van der Waals surface area contributed by atoms with Crippen LogP contribution in [0.3, 0.4) is 0 Å². The zero-order valence-electron chi connectivity index (χ0n) is 11.2. The molecule has 0 amide bonds. The third kappa shape index (κ3) is 2.75. The number of carbonyl (C=O) groups is 1. The summed E-state index contributed by atoms with van der Waals surface area (Å²) < 4.78 is 32.1. The molecule has 0 radical (unpaired) electrons. The van der Waals surface area contributed by atoms with Crippen LogP contribution in [0.25, 0.3) is 0 Å². The van der Waals surface area contributed by atoms with Crippen LogP contribution < -0.4 is 10.1 Å². The normalized spacial score (nSPS) is 26.2. The summed E-state index contributed by atoms with van der Waals surface area (Å²) in [5, 5.41) is 12.1. The van der Waals surface area contributed by atoms with Crippen molar-refractivity contribution in [2.75, 3.05) is 7.05 Å². The molecule has 0 bridgehead atoms. The summed E-state index contributed by atoms with van der Waals surface area (Å²) in [6.07, 6.45) is 1.52. The Labute approximate surface area is 115 Å². The lowest BCUT2D eigenvalue weighted by Gasteiger charge is -2.37. The smallest absolute Gasteiger partial charge is 0.324 e. The zero-order valence-corrected chi connectivity index (χ0v) is 11.2. The number of likely N-dealkylation sites (N-methyl/N-ethyl adjacent to an activating group) is 1. The molecular formula is C14H17F2NO3. The SMILES string of the molecule is CNC1(C(=O)O)CCCC(Oc2cccc(F)c2F)C1. The van der Waals surface area contributed by atoms with E-state index in [-0.39, 0.29) is 12.2 Å². The van der Waals surface area contributed by atoms with E-state index < -0.39 is 29.2 Å². The van der Waals surface area contributed by atoms with Crippen molar-refractivity contribution in [3.8, 4) is 5.75 Å². The number of hydrogen-bond donors (Lipinski definition) is 2. The van der Waals surface area contributed by atoms with Crippen LogP contribution in [0.2, 0.25) is 0 Å². The Balaban J connectivity index is 2.14. The Morgan fingerprint density at radius 2 is 2.25 bits per heavy atom. The number of carboxylic acids is 1. The van der Waals surface area contributed by atoms with Crippen molar-refractivity contribution in [2.45, 2.75) is 37.3 Å². The van der Waals surface area contributed by atoms with Gasteiger partial charge in [0.1, 0.15) is 11.6 Å². The molecule has 2 rings (SSSR count). The van der Waals surface area contributed by atoms with Gasteiger partial charge in [-0.3, -0.25) is 4.79 Å². The molecule has 2 unspecified atom stereocenters. The van der Waals surface area contributed by atoms with E-state index in [2.05, 4.69) is 5.32 Å². The maximum Gasteiger partial charge on any atom is 0.324 e. The molecule has 1 saturated carbocycles. The van der Waals surface area contributed by atoms with Crippen LogP contribution in [-0.2, 0) is 4.79 Å². The average Bonchev–Trinajstić information content (AvgIpc) is 2.44. The summed E-state index contributed by atoms with van der Waals surface area (Å²) in [4.78, 5) is 11.4. The first-order valence-corrected chi connectivity index (χ1v) is 6.51. The Hall–Kier alpha value is -1.69. The second kappa shape index (κ2) is 5.75. The number of hydrogen-bond acceptors (Lipinski definition) is 3. The molecule has 1 aliphatic carbocycles. The number of nitrogens with one attached hydrogen (secondary N) is 1. The molecule has 1 aromatic rings. The van der Waals surface area contributed by atoms with Crippen LogP contribution in [-0.4, -0.2) is 29.8 Å². The summed E-state index contributed by atoms with van der Waals surface area (Å²) in [5.41, 5.74) is -1.06. The average molecular weight is 285 g/mol. The minimum absolute atomic E-state index is 0.174. The summed E-state index contributed by atoms with van der Waals surface area (Å²) in [6.45, 7) is 0. The fourth-order valence-corrected chi connectivity index (χ4v) is 2.61. The summed E-state index contributed by atoms with van der Waals surface area (Å²) in [7, 11) is 1.58. The largest absolute Gasteiger partial charge is 0.487 e. The van der Waals surface area contributed by atoms with Crippen LogP contribution in [0.15, 0.2) is 18.2 Å². The molecule has 0 saturated heterocycles. The van der Waals surface area contributed by atoms with Crippen molar-refractivity contribution < 1.29 is 23.4 Å². The number of benzene rings is 1. The van der Waals surface area contributed by atoms with Crippen molar-refractivity contribution >= 4 is 5.97 Å². The van der Waals surface area contributed by atoms with Gasteiger partial charge < -0.3 is 15.2 Å². The lowest BCUT2D eigenvalue weighted by atomic mass is 9.80. The quantitative estimate of drug-likeness (QED) is 0.891. The standard InChI is InChI=1S/C14H17F2NO3/c1-17-14(13(18)19)7-3-4-9(8-14)20-11-6-2-5-10(15)12(11)16/h2,5-6,9,17H,3-4,7-8H2,1H3,(H,18,19). The van der Waals surface area contributed by atoms with Crippen LogP contribution in [0, 0.1) is 11.6 Å². The fourth-order valence-electron chi connectivity index (χ4n) is 2.61. The van der Waals surface area contributed by atoms with Crippen molar-refractivity contribution in [3.05, 3.63) is 29.8 Å². The zero-order chi connectivity index (χ0) is 14.8. The van der Waals surface area contributed by atoms with Gasteiger partial charge in [-0.15, -0.1) is 0 Å². The molecule has 6 heteroatoms. The highest BCUT2D eigenvalue weighted by molar-refractivity contribution is 5.79. The highest BCUT2D eigenvalue weighted by Crippen LogP contribution is 2.32. The third-order valence-electron chi connectivity index (χ3n) is 3.80. The maximum atomic E-state index is 13.6. The number of aliphatic carboxylic acids is 1. The molecule has 20 heavy (non-hydrogen) atoms. The van der Waals surface area contributed by atoms with Crippen LogP contribution in [0.5, 0.6) is 5.75 Å². The minimum Gasteiger partial charge on any atom is -0.487 e. The molecule has 0 spiro atoms. The van der Waals surface area contributed by atoms with Crippen molar-refractivity contribution in [1.82, 2.24) is 5.32 Å².